The maximum Gasteiger partial charge on any atom is 0.230 e. The van der Waals surface area contributed by atoms with E-state index in [1.807, 2.05) is 6.92 Å². The fourth-order valence-electron chi connectivity index (χ4n) is 3.53. The molecule has 1 atom stereocenters. The van der Waals surface area contributed by atoms with Crippen LogP contribution in [0.5, 0.6) is 0 Å². The Kier molecular flexibility index (Phi) is 4.89. The zero-order chi connectivity index (χ0) is 18.1. The Morgan fingerprint density at radius 3 is 2.85 bits per heavy atom. The number of fused-ring (bicyclic) bond motifs is 1. The third kappa shape index (κ3) is 3.72. The van der Waals surface area contributed by atoms with E-state index in [2.05, 4.69) is 33.7 Å². The van der Waals surface area contributed by atoms with Crippen LogP contribution >= 0.6 is 11.8 Å². The summed E-state index contributed by atoms with van der Waals surface area (Å²) in [6.45, 7) is 2.03. The van der Waals surface area contributed by atoms with Crippen molar-refractivity contribution in [1.29, 1.82) is 0 Å². The van der Waals surface area contributed by atoms with Crippen LogP contribution in [0.1, 0.15) is 67.1 Å². The molecule has 2 aromatic rings. The molecule has 2 aliphatic carbocycles. The van der Waals surface area contributed by atoms with Gasteiger partial charge < -0.3 is 11.2 Å². The second-order valence-corrected chi connectivity index (χ2v) is 8.24. The Morgan fingerprint density at radius 2 is 2.08 bits per heavy atom. The highest BCUT2D eigenvalue weighted by Gasteiger charge is 2.30. The number of amides is 1. The van der Waals surface area contributed by atoms with Gasteiger partial charge in [0.1, 0.15) is 0 Å². The molecule has 1 aromatic heterocycles. The van der Waals surface area contributed by atoms with Gasteiger partial charge in [-0.05, 0) is 62.1 Å². The summed E-state index contributed by atoms with van der Waals surface area (Å²) in [5.41, 5.74) is 4.07. The van der Waals surface area contributed by atoms with Gasteiger partial charge in [-0.15, -0.1) is 10.2 Å². The van der Waals surface area contributed by atoms with Crippen LogP contribution in [-0.2, 0) is 17.6 Å². The number of thioether (sulfide) groups is 1. The summed E-state index contributed by atoms with van der Waals surface area (Å²) in [5, 5.41) is 11.9. The predicted octanol–water partition coefficient (Wildman–Crippen LogP) is 2.72. The highest BCUT2D eigenvalue weighted by atomic mass is 32.2. The molecular formula is C19H25N5OS. The molecule has 4 rings (SSSR count). The largest absolute Gasteiger partial charge is 0.349 e. The van der Waals surface area contributed by atoms with Crippen molar-refractivity contribution in [1.82, 2.24) is 20.2 Å². The van der Waals surface area contributed by atoms with E-state index in [-0.39, 0.29) is 17.7 Å². The number of nitrogens with one attached hydrogen (secondary N) is 1. The van der Waals surface area contributed by atoms with Crippen LogP contribution in [0.2, 0.25) is 0 Å². The summed E-state index contributed by atoms with van der Waals surface area (Å²) in [7, 11) is 0. The quantitative estimate of drug-likeness (QED) is 0.602. The number of nitrogens with zero attached hydrogens (tertiary/aromatic N) is 3. The predicted molar refractivity (Wildman–Crippen MR) is 103 cm³/mol. The number of carbonyl (C=O) groups is 1. The first-order valence-corrected chi connectivity index (χ1v) is 10.3. The van der Waals surface area contributed by atoms with Crippen molar-refractivity contribution < 1.29 is 4.79 Å². The monoisotopic (exact) mass is 371 g/mol. The van der Waals surface area contributed by atoms with Gasteiger partial charge in [0.25, 0.3) is 0 Å². The van der Waals surface area contributed by atoms with Crippen LogP contribution in [0.25, 0.3) is 0 Å². The van der Waals surface area contributed by atoms with E-state index in [1.165, 1.54) is 52.4 Å². The molecule has 1 fully saturated rings. The molecule has 0 unspecified atom stereocenters. The zero-order valence-corrected chi connectivity index (χ0v) is 15.9. The molecule has 2 aliphatic rings. The van der Waals surface area contributed by atoms with Crippen molar-refractivity contribution in [3.8, 4) is 0 Å². The van der Waals surface area contributed by atoms with Gasteiger partial charge in [-0.2, -0.15) is 0 Å². The Labute approximate surface area is 157 Å². The molecule has 0 spiro atoms. The average molecular weight is 372 g/mol. The van der Waals surface area contributed by atoms with Gasteiger partial charge >= 0.3 is 0 Å². The minimum atomic E-state index is -0.0174. The van der Waals surface area contributed by atoms with E-state index in [4.69, 9.17) is 5.84 Å². The maximum absolute atomic E-state index is 12.3. The van der Waals surface area contributed by atoms with Crippen LogP contribution in [0, 0.1) is 0 Å². The lowest BCUT2D eigenvalue weighted by atomic mass is 9.89. The van der Waals surface area contributed by atoms with Gasteiger partial charge in [0.15, 0.2) is 5.82 Å². The highest BCUT2D eigenvalue weighted by molar-refractivity contribution is 7.99. The van der Waals surface area contributed by atoms with E-state index in [0.29, 0.717) is 11.1 Å². The topological polar surface area (TPSA) is 85.8 Å². The van der Waals surface area contributed by atoms with Gasteiger partial charge in [0, 0.05) is 5.92 Å². The lowest BCUT2D eigenvalue weighted by Crippen LogP contribution is -2.28. The summed E-state index contributed by atoms with van der Waals surface area (Å²) in [4.78, 5) is 12.3. The number of aryl methyl sites for hydroxylation is 2. The van der Waals surface area contributed by atoms with Crippen molar-refractivity contribution in [2.24, 2.45) is 0 Å². The summed E-state index contributed by atoms with van der Waals surface area (Å²) in [6.07, 6.45) is 7.11. The number of hydrogen-bond acceptors (Lipinski definition) is 5. The first-order chi connectivity index (χ1) is 12.6. The number of carbonyl (C=O) groups excluding carboxylic acids is 1. The molecule has 1 saturated carbocycles. The molecule has 0 radical (unpaired) electrons. The van der Waals surface area contributed by atoms with Gasteiger partial charge in [-0.3, -0.25) is 4.79 Å². The standard InChI is InChI=1S/C19H25N5OS/c1-12(15-9-6-13-4-2-3-5-16(13)10-15)21-17(25)11-26-19-23-22-18(24(19)20)14-7-8-14/h6,9-10,12,14H,2-5,7-8,11,20H2,1H3,(H,21,25)/t12-/m1/s1. The SMILES string of the molecule is C[C@@H](NC(=O)CSc1nnc(C2CC2)n1N)c1ccc2c(c1)CCCC2. The van der Waals surface area contributed by atoms with Crippen molar-refractivity contribution in [3.05, 3.63) is 40.7 Å². The highest BCUT2D eigenvalue weighted by Crippen LogP contribution is 2.39. The Hall–Kier alpha value is -2.02. The minimum Gasteiger partial charge on any atom is -0.349 e. The van der Waals surface area contributed by atoms with Gasteiger partial charge in [0.2, 0.25) is 11.1 Å². The van der Waals surface area contributed by atoms with Crippen LogP contribution in [0.3, 0.4) is 0 Å². The van der Waals surface area contributed by atoms with E-state index in [1.54, 1.807) is 0 Å². The number of nitrogen functional groups attached to an aromatic ring is 1. The first-order valence-electron chi connectivity index (χ1n) is 9.36. The van der Waals surface area contributed by atoms with Crippen LogP contribution < -0.4 is 11.2 Å². The molecule has 0 saturated heterocycles. The normalized spacial score (nSPS) is 17.6. The third-order valence-corrected chi connectivity index (χ3v) is 6.16. The fraction of sp³-hybridized carbons (Fsp3) is 0.526. The molecule has 1 heterocycles. The van der Waals surface area contributed by atoms with Crippen LogP contribution in [0.4, 0.5) is 0 Å². The number of rotatable bonds is 6. The minimum absolute atomic E-state index is 0.00639. The van der Waals surface area contributed by atoms with Crippen LogP contribution in [0.15, 0.2) is 23.4 Å². The summed E-state index contributed by atoms with van der Waals surface area (Å²) in [6, 6.07) is 6.61. The molecule has 7 heteroatoms. The maximum atomic E-state index is 12.3. The molecule has 138 valence electrons. The van der Waals surface area contributed by atoms with Gasteiger partial charge in [0.05, 0.1) is 11.8 Å². The molecule has 3 N–H and O–H groups in total. The molecule has 6 nitrogen and oxygen atoms in total. The second-order valence-electron chi connectivity index (χ2n) is 7.30. The average Bonchev–Trinajstić information content (AvgIpc) is 3.43. The number of benzene rings is 1. The molecule has 1 aromatic carbocycles. The van der Waals surface area contributed by atoms with Crippen molar-refractivity contribution in [3.63, 3.8) is 0 Å². The number of hydrogen-bond donors (Lipinski definition) is 2. The molecule has 26 heavy (non-hydrogen) atoms. The first kappa shape index (κ1) is 17.4. The van der Waals surface area contributed by atoms with Gasteiger partial charge in [-0.25, -0.2) is 4.68 Å². The molecule has 1 amide bonds. The fourth-order valence-corrected chi connectivity index (χ4v) is 4.20. The van der Waals surface area contributed by atoms with Crippen LogP contribution in [-0.4, -0.2) is 26.5 Å². The Morgan fingerprint density at radius 1 is 1.31 bits per heavy atom. The third-order valence-electron chi connectivity index (χ3n) is 5.22. The Balaban J connectivity index is 1.33. The van der Waals surface area contributed by atoms with Crippen molar-refractivity contribution in [2.75, 3.05) is 11.6 Å². The zero-order valence-electron chi connectivity index (χ0n) is 15.1. The smallest absolute Gasteiger partial charge is 0.230 e. The number of aromatic nitrogens is 3. The van der Waals surface area contributed by atoms with Crippen molar-refractivity contribution >= 4 is 17.7 Å². The van der Waals surface area contributed by atoms with E-state index < -0.39 is 0 Å². The van der Waals surface area contributed by atoms with E-state index >= 15 is 0 Å². The molecule has 0 aliphatic heterocycles. The lowest BCUT2D eigenvalue weighted by molar-refractivity contribution is -0.119. The lowest BCUT2D eigenvalue weighted by Gasteiger charge is -2.20. The summed E-state index contributed by atoms with van der Waals surface area (Å²) >= 11 is 1.33. The molecule has 0 bridgehead atoms. The molecular weight excluding hydrogens is 346 g/mol. The Bertz CT molecular complexity index is 814. The van der Waals surface area contributed by atoms with Gasteiger partial charge in [-0.1, -0.05) is 30.0 Å². The second kappa shape index (κ2) is 7.31. The van der Waals surface area contributed by atoms with E-state index in [0.717, 1.165) is 25.1 Å². The summed E-state index contributed by atoms with van der Waals surface area (Å²) < 4.78 is 1.53. The number of nitrogens with two attached hydrogens (primary N) is 1. The van der Waals surface area contributed by atoms with Crippen molar-refractivity contribution in [2.45, 2.75) is 62.6 Å². The van der Waals surface area contributed by atoms with E-state index in [9.17, 15) is 4.79 Å². The summed E-state index contributed by atoms with van der Waals surface area (Å²) in [5.74, 6) is 7.57.